The molecule has 0 aliphatic carbocycles. The Morgan fingerprint density at radius 1 is 1.26 bits per heavy atom. The first-order valence-electron chi connectivity index (χ1n) is 6.93. The van der Waals surface area contributed by atoms with Crippen LogP contribution in [-0.4, -0.2) is 28.6 Å². The van der Waals surface area contributed by atoms with Gasteiger partial charge in [0, 0.05) is 11.3 Å². The summed E-state index contributed by atoms with van der Waals surface area (Å²) in [6.45, 7) is 6.37. The zero-order valence-corrected chi connectivity index (χ0v) is 14.7. The lowest BCUT2D eigenvalue weighted by Crippen LogP contribution is -2.25. The lowest BCUT2D eigenvalue weighted by Gasteiger charge is -2.11. The molecule has 5 nitrogen and oxygen atoms in total. The number of carbonyl (C=O) groups excluding carboxylic acids is 3. The summed E-state index contributed by atoms with van der Waals surface area (Å²) in [5.41, 5.74) is 1.98. The van der Waals surface area contributed by atoms with Gasteiger partial charge in [-0.3, -0.25) is 9.59 Å². The molecule has 0 saturated heterocycles. The van der Waals surface area contributed by atoms with Crippen LogP contribution in [0.2, 0.25) is 4.34 Å². The molecule has 1 atom stereocenters. The van der Waals surface area contributed by atoms with Crippen molar-refractivity contribution in [2.45, 2.75) is 33.8 Å². The molecule has 0 bridgehead atoms. The van der Waals surface area contributed by atoms with Crippen LogP contribution in [0.1, 0.15) is 55.6 Å². The Labute approximate surface area is 142 Å². The number of Topliss-reactive ketones (excluding diaryl/α,β-unsaturated/α-hetero) is 2. The van der Waals surface area contributed by atoms with Gasteiger partial charge < -0.3 is 9.72 Å². The summed E-state index contributed by atoms with van der Waals surface area (Å²) < 4.78 is 5.66. The van der Waals surface area contributed by atoms with Crippen molar-refractivity contribution in [2.24, 2.45) is 0 Å². The van der Waals surface area contributed by atoms with Gasteiger partial charge in [0.15, 0.2) is 11.9 Å². The largest absolute Gasteiger partial charge is 0.450 e. The maximum Gasteiger partial charge on any atom is 0.349 e. The van der Waals surface area contributed by atoms with Crippen LogP contribution in [0.25, 0.3) is 0 Å². The maximum absolute atomic E-state index is 12.5. The molecule has 2 aromatic rings. The van der Waals surface area contributed by atoms with Gasteiger partial charge in [-0.15, -0.1) is 11.3 Å². The minimum absolute atomic E-state index is 0.117. The number of hydrogen-bond acceptors (Lipinski definition) is 5. The van der Waals surface area contributed by atoms with Crippen molar-refractivity contribution in [3.8, 4) is 0 Å². The van der Waals surface area contributed by atoms with Gasteiger partial charge in [-0.1, -0.05) is 11.6 Å². The standard InChI is InChI=1S/C16H16ClNO4S/c1-7-13(9(3)19)8(2)18-14(7)15(20)10(4)22-16(21)11-5-6-12(17)23-11/h5-6,10,18H,1-4H3. The fraction of sp³-hybridized carbons (Fsp3) is 0.312. The van der Waals surface area contributed by atoms with Crippen molar-refractivity contribution in [1.29, 1.82) is 0 Å². The van der Waals surface area contributed by atoms with Crippen LogP contribution in [0, 0.1) is 13.8 Å². The SMILES string of the molecule is CC(=O)c1c(C)[nH]c(C(=O)C(C)OC(=O)c2ccc(Cl)s2)c1C. The number of thiophene rings is 1. The van der Waals surface area contributed by atoms with E-state index in [9.17, 15) is 14.4 Å². The minimum Gasteiger partial charge on any atom is -0.450 e. The number of ether oxygens (including phenoxy) is 1. The van der Waals surface area contributed by atoms with Gasteiger partial charge >= 0.3 is 5.97 Å². The second kappa shape index (κ2) is 6.68. The number of aryl methyl sites for hydroxylation is 1. The van der Waals surface area contributed by atoms with E-state index in [2.05, 4.69) is 4.98 Å². The lowest BCUT2D eigenvalue weighted by molar-refractivity contribution is 0.0321. The molecule has 0 amide bonds. The van der Waals surface area contributed by atoms with E-state index in [-0.39, 0.29) is 17.3 Å². The number of halogens is 1. The quantitative estimate of drug-likeness (QED) is 0.651. The number of aromatic amines is 1. The molecule has 2 heterocycles. The first-order valence-corrected chi connectivity index (χ1v) is 8.12. The number of ketones is 2. The molecule has 0 aliphatic heterocycles. The molecule has 23 heavy (non-hydrogen) atoms. The number of aromatic nitrogens is 1. The highest BCUT2D eigenvalue weighted by atomic mass is 35.5. The predicted octanol–water partition coefficient (Wildman–Crippen LogP) is 3.98. The molecule has 1 N–H and O–H groups in total. The highest BCUT2D eigenvalue weighted by Gasteiger charge is 2.26. The Balaban J connectivity index is 2.19. The second-order valence-corrected chi connectivity index (χ2v) is 6.91. The Kier molecular flexibility index (Phi) is 5.06. The number of H-pyrrole nitrogens is 1. The molecule has 0 saturated carbocycles. The fourth-order valence-electron chi connectivity index (χ4n) is 2.42. The van der Waals surface area contributed by atoms with E-state index in [0.29, 0.717) is 26.0 Å². The van der Waals surface area contributed by atoms with Gasteiger partial charge in [0.2, 0.25) is 5.78 Å². The summed E-state index contributed by atoms with van der Waals surface area (Å²) in [6, 6.07) is 3.14. The van der Waals surface area contributed by atoms with Gasteiger partial charge in [0.05, 0.1) is 10.0 Å². The Hall–Kier alpha value is -1.92. The summed E-state index contributed by atoms with van der Waals surface area (Å²) in [7, 11) is 0. The Bertz CT molecular complexity index is 790. The summed E-state index contributed by atoms with van der Waals surface area (Å²) in [5, 5.41) is 0. The van der Waals surface area contributed by atoms with Crippen LogP contribution >= 0.6 is 22.9 Å². The summed E-state index contributed by atoms with van der Waals surface area (Å²) in [5.74, 6) is -1.10. The van der Waals surface area contributed by atoms with E-state index in [1.165, 1.54) is 13.8 Å². The number of carbonyl (C=O) groups is 3. The topological polar surface area (TPSA) is 76.2 Å². The molecule has 0 radical (unpaired) electrons. The van der Waals surface area contributed by atoms with Crippen molar-refractivity contribution in [3.05, 3.63) is 43.9 Å². The van der Waals surface area contributed by atoms with Crippen LogP contribution in [0.4, 0.5) is 0 Å². The van der Waals surface area contributed by atoms with Crippen molar-refractivity contribution in [2.75, 3.05) is 0 Å². The molecular weight excluding hydrogens is 338 g/mol. The smallest absolute Gasteiger partial charge is 0.349 e. The number of nitrogens with one attached hydrogen (secondary N) is 1. The average Bonchev–Trinajstić information content (AvgIpc) is 3.01. The van der Waals surface area contributed by atoms with Crippen LogP contribution in [0.5, 0.6) is 0 Å². The van der Waals surface area contributed by atoms with Crippen molar-refractivity contribution >= 4 is 40.5 Å². The van der Waals surface area contributed by atoms with E-state index in [1.807, 2.05) is 0 Å². The number of esters is 1. The molecule has 2 rings (SSSR count). The molecule has 0 aromatic carbocycles. The number of rotatable bonds is 5. The van der Waals surface area contributed by atoms with Crippen molar-refractivity contribution < 1.29 is 19.1 Å². The molecule has 2 aromatic heterocycles. The van der Waals surface area contributed by atoms with Gasteiger partial charge in [0.1, 0.15) is 4.88 Å². The fourth-order valence-corrected chi connectivity index (χ4v) is 3.35. The molecule has 0 aliphatic rings. The molecular formula is C16H16ClNO4S. The van der Waals surface area contributed by atoms with Crippen LogP contribution in [0.3, 0.4) is 0 Å². The van der Waals surface area contributed by atoms with Gasteiger partial charge in [-0.2, -0.15) is 0 Å². The van der Waals surface area contributed by atoms with Gasteiger partial charge in [0.25, 0.3) is 0 Å². The Morgan fingerprint density at radius 2 is 1.91 bits per heavy atom. The monoisotopic (exact) mass is 353 g/mol. The third kappa shape index (κ3) is 3.54. The summed E-state index contributed by atoms with van der Waals surface area (Å²) >= 11 is 6.86. The van der Waals surface area contributed by atoms with E-state index in [4.69, 9.17) is 16.3 Å². The Morgan fingerprint density at radius 3 is 2.39 bits per heavy atom. The molecule has 0 spiro atoms. The first-order chi connectivity index (χ1) is 10.7. The molecule has 0 fully saturated rings. The van der Waals surface area contributed by atoms with Crippen molar-refractivity contribution in [1.82, 2.24) is 4.98 Å². The highest BCUT2D eigenvalue weighted by molar-refractivity contribution is 7.17. The van der Waals surface area contributed by atoms with E-state index >= 15 is 0 Å². The first kappa shape index (κ1) is 17.4. The zero-order valence-electron chi connectivity index (χ0n) is 13.2. The minimum atomic E-state index is -0.972. The molecule has 7 heteroatoms. The normalized spacial score (nSPS) is 12.0. The molecule has 122 valence electrons. The summed E-state index contributed by atoms with van der Waals surface area (Å²) in [4.78, 5) is 39.3. The predicted molar refractivity (Wildman–Crippen MR) is 88.8 cm³/mol. The second-order valence-electron chi connectivity index (χ2n) is 5.20. The summed E-state index contributed by atoms with van der Waals surface area (Å²) in [6.07, 6.45) is -0.972. The third-order valence-corrected chi connectivity index (χ3v) is 4.67. The van der Waals surface area contributed by atoms with Crippen LogP contribution in [-0.2, 0) is 4.74 Å². The average molecular weight is 354 g/mol. The van der Waals surface area contributed by atoms with Crippen LogP contribution < -0.4 is 0 Å². The number of hydrogen-bond donors (Lipinski definition) is 1. The highest BCUT2D eigenvalue weighted by Crippen LogP contribution is 2.24. The van der Waals surface area contributed by atoms with Crippen LogP contribution in [0.15, 0.2) is 12.1 Å². The maximum atomic E-state index is 12.5. The van der Waals surface area contributed by atoms with Gasteiger partial charge in [-0.05, 0) is 45.4 Å². The van der Waals surface area contributed by atoms with E-state index in [1.54, 1.807) is 26.0 Å². The van der Waals surface area contributed by atoms with Crippen molar-refractivity contribution in [3.63, 3.8) is 0 Å². The molecule has 1 unspecified atom stereocenters. The van der Waals surface area contributed by atoms with Gasteiger partial charge in [-0.25, -0.2) is 4.79 Å². The zero-order chi connectivity index (χ0) is 17.3. The van der Waals surface area contributed by atoms with E-state index < -0.39 is 12.1 Å². The third-order valence-electron chi connectivity index (χ3n) is 3.46. The van der Waals surface area contributed by atoms with E-state index in [0.717, 1.165) is 11.3 Å². The lowest BCUT2D eigenvalue weighted by atomic mass is 10.0.